The van der Waals surface area contributed by atoms with Gasteiger partial charge in [-0.2, -0.15) is 0 Å². The molecule has 5 heteroatoms. The van der Waals surface area contributed by atoms with Gasteiger partial charge >= 0.3 is 0 Å². The van der Waals surface area contributed by atoms with E-state index in [9.17, 15) is 4.79 Å². The molecule has 0 spiro atoms. The highest BCUT2D eigenvalue weighted by molar-refractivity contribution is 7.99. The molecule has 1 aromatic heterocycles. The van der Waals surface area contributed by atoms with Crippen LogP contribution in [0.25, 0.3) is 0 Å². The lowest BCUT2D eigenvalue weighted by Gasteiger charge is -2.23. The number of nitrogens with zero attached hydrogens (tertiary/aromatic N) is 3. The number of hydrogen-bond acceptors (Lipinski definition) is 4. The summed E-state index contributed by atoms with van der Waals surface area (Å²) in [4.78, 5) is 19.9. The van der Waals surface area contributed by atoms with Crippen LogP contribution in [0.5, 0.6) is 0 Å². The second-order valence-corrected chi connectivity index (χ2v) is 6.40. The molecule has 0 saturated heterocycles. The lowest BCUT2D eigenvalue weighted by molar-refractivity contribution is 0.638. The van der Waals surface area contributed by atoms with Gasteiger partial charge < -0.3 is 4.90 Å². The first-order valence-electron chi connectivity index (χ1n) is 7.80. The maximum atomic E-state index is 12.9. The summed E-state index contributed by atoms with van der Waals surface area (Å²) in [5, 5.41) is 0.865. The van der Waals surface area contributed by atoms with Gasteiger partial charge in [0.25, 0.3) is 5.56 Å². The first-order chi connectivity index (χ1) is 10.7. The smallest absolute Gasteiger partial charge is 0.259 e. The largest absolute Gasteiger partial charge is 0.357 e. The van der Waals surface area contributed by atoms with E-state index in [1.165, 1.54) is 0 Å². The Bertz CT molecular complexity index is 708. The van der Waals surface area contributed by atoms with Crippen molar-refractivity contribution >= 4 is 17.6 Å². The fourth-order valence-corrected chi connectivity index (χ4v) is 3.78. The van der Waals surface area contributed by atoms with Gasteiger partial charge in [0, 0.05) is 31.8 Å². The third-order valence-corrected chi connectivity index (χ3v) is 5.00. The van der Waals surface area contributed by atoms with Crippen LogP contribution < -0.4 is 10.5 Å². The van der Waals surface area contributed by atoms with Gasteiger partial charge in [0.15, 0.2) is 5.16 Å². The minimum Gasteiger partial charge on any atom is -0.357 e. The third-order valence-electron chi connectivity index (χ3n) is 4.04. The summed E-state index contributed by atoms with van der Waals surface area (Å²) in [6, 6.07) is 10.2. The Morgan fingerprint density at radius 1 is 1.23 bits per heavy atom. The van der Waals surface area contributed by atoms with Crippen LogP contribution in [0.4, 0.5) is 5.82 Å². The quantitative estimate of drug-likeness (QED) is 0.795. The van der Waals surface area contributed by atoms with Crippen molar-refractivity contribution in [1.82, 2.24) is 9.55 Å². The zero-order valence-corrected chi connectivity index (χ0v) is 13.9. The van der Waals surface area contributed by atoms with Gasteiger partial charge in [-0.3, -0.25) is 9.36 Å². The molecule has 1 aromatic carbocycles. The summed E-state index contributed by atoms with van der Waals surface area (Å²) < 4.78 is 1.83. The molecule has 4 nitrogen and oxygen atoms in total. The fraction of sp³-hybridized carbons (Fsp3) is 0.412. The van der Waals surface area contributed by atoms with Crippen molar-refractivity contribution in [2.45, 2.75) is 32.0 Å². The van der Waals surface area contributed by atoms with E-state index in [4.69, 9.17) is 4.98 Å². The summed E-state index contributed by atoms with van der Waals surface area (Å²) in [5.41, 5.74) is 2.10. The number of thioether (sulfide) groups is 1. The van der Waals surface area contributed by atoms with Crippen LogP contribution in [0.2, 0.25) is 0 Å². The number of benzene rings is 1. The molecule has 1 aliphatic heterocycles. The van der Waals surface area contributed by atoms with Crippen LogP contribution in [0.1, 0.15) is 25.0 Å². The number of rotatable bonds is 5. The topological polar surface area (TPSA) is 38.1 Å². The molecule has 2 heterocycles. The molecule has 1 aliphatic rings. The van der Waals surface area contributed by atoms with Gasteiger partial charge in [-0.05, 0) is 19.4 Å². The Kier molecular flexibility index (Phi) is 4.52. The van der Waals surface area contributed by atoms with Crippen molar-refractivity contribution in [3.8, 4) is 0 Å². The summed E-state index contributed by atoms with van der Waals surface area (Å²) in [7, 11) is 0. The van der Waals surface area contributed by atoms with Crippen LogP contribution in [-0.2, 0) is 13.0 Å². The van der Waals surface area contributed by atoms with Gasteiger partial charge in [-0.1, -0.05) is 42.1 Å². The SMILES string of the molecule is CCN(CC)c1nc2n(c(=O)c1Cc1ccccc1)CCS2. The maximum absolute atomic E-state index is 12.9. The van der Waals surface area contributed by atoms with Crippen molar-refractivity contribution in [1.29, 1.82) is 0 Å². The highest BCUT2D eigenvalue weighted by Gasteiger charge is 2.23. The molecule has 0 amide bonds. The van der Waals surface area contributed by atoms with Crippen LogP contribution in [-0.4, -0.2) is 28.4 Å². The molecule has 0 radical (unpaired) electrons. The minimum atomic E-state index is 0.126. The summed E-state index contributed by atoms with van der Waals surface area (Å²) in [5.74, 6) is 1.80. The molecule has 0 bridgehead atoms. The first kappa shape index (κ1) is 15.2. The second-order valence-electron chi connectivity index (χ2n) is 5.34. The summed E-state index contributed by atoms with van der Waals surface area (Å²) in [6.07, 6.45) is 0.642. The minimum absolute atomic E-state index is 0.126. The molecule has 3 rings (SSSR count). The molecule has 0 aliphatic carbocycles. The van der Waals surface area contributed by atoms with E-state index in [1.807, 2.05) is 22.8 Å². The number of fused-ring (bicyclic) bond motifs is 1. The van der Waals surface area contributed by atoms with Crippen molar-refractivity contribution in [2.24, 2.45) is 0 Å². The number of hydrogen-bond donors (Lipinski definition) is 0. The molecule has 0 fully saturated rings. The molecule has 0 atom stereocenters. The van der Waals surface area contributed by atoms with E-state index in [-0.39, 0.29) is 5.56 Å². The van der Waals surface area contributed by atoms with E-state index in [0.29, 0.717) is 6.42 Å². The van der Waals surface area contributed by atoms with Crippen LogP contribution in [0.3, 0.4) is 0 Å². The first-order valence-corrected chi connectivity index (χ1v) is 8.78. The van der Waals surface area contributed by atoms with Crippen LogP contribution in [0, 0.1) is 0 Å². The zero-order chi connectivity index (χ0) is 15.5. The maximum Gasteiger partial charge on any atom is 0.259 e. The Hall–Kier alpha value is -1.75. The van der Waals surface area contributed by atoms with Crippen molar-refractivity contribution in [3.63, 3.8) is 0 Å². The number of aromatic nitrogens is 2. The highest BCUT2D eigenvalue weighted by atomic mass is 32.2. The van der Waals surface area contributed by atoms with Crippen LogP contribution in [0.15, 0.2) is 40.3 Å². The second kappa shape index (κ2) is 6.57. The monoisotopic (exact) mass is 315 g/mol. The average Bonchev–Trinajstić information content (AvgIpc) is 3.02. The average molecular weight is 315 g/mol. The molecule has 116 valence electrons. The van der Waals surface area contributed by atoms with E-state index < -0.39 is 0 Å². The van der Waals surface area contributed by atoms with Crippen molar-refractivity contribution in [2.75, 3.05) is 23.7 Å². The molecular weight excluding hydrogens is 294 g/mol. The van der Waals surface area contributed by atoms with Crippen molar-refractivity contribution < 1.29 is 0 Å². The molecular formula is C17H21N3OS. The molecule has 2 aromatic rings. The standard InChI is InChI=1S/C17H21N3OS/c1-3-19(4-2)15-14(12-13-8-6-5-7-9-13)16(21)20-10-11-22-17(20)18-15/h5-9H,3-4,10-12H2,1-2H3. The van der Waals surface area contributed by atoms with E-state index in [1.54, 1.807) is 11.8 Å². The fourth-order valence-electron chi connectivity index (χ4n) is 2.84. The Labute approximate surface area is 135 Å². The van der Waals surface area contributed by atoms with Crippen LogP contribution >= 0.6 is 11.8 Å². The predicted molar refractivity (Wildman–Crippen MR) is 92.0 cm³/mol. The zero-order valence-electron chi connectivity index (χ0n) is 13.1. The molecule has 0 unspecified atom stereocenters. The lowest BCUT2D eigenvalue weighted by atomic mass is 10.1. The Morgan fingerprint density at radius 3 is 2.64 bits per heavy atom. The van der Waals surface area contributed by atoms with Gasteiger partial charge in [0.05, 0.1) is 5.56 Å². The highest BCUT2D eigenvalue weighted by Crippen LogP contribution is 2.27. The molecule has 22 heavy (non-hydrogen) atoms. The third kappa shape index (κ3) is 2.77. The van der Waals surface area contributed by atoms with Crippen molar-refractivity contribution in [3.05, 3.63) is 51.8 Å². The molecule has 0 N–H and O–H groups in total. The molecule has 0 saturated carbocycles. The van der Waals surface area contributed by atoms with Gasteiger partial charge in [-0.25, -0.2) is 4.98 Å². The van der Waals surface area contributed by atoms with Gasteiger partial charge in [0.1, 0.15) is 5.82 Å². The number of anilines is 1. The summed E-state index contributed by atoms with van der Waals surface area (Å²) >= 11 is 1.67. The van der Waals surface area contributed by atoms with Gasteiger partial charge in [0.2, 0.25) is 0 Å². The normalized spacial score (nSPS) is 13.2. The predicted octanol–water partition coefficient (Wildman–Crippen LogP) is 2.79. The lowest BCUT2D eigenvalue weighted by Crippen LogP contribution is -2.32. The summed E-state index contributed by atoms with van der Waals surface area (Å²) in [6.45, 7) is 6.70. The Morgan fingerprint density at radius 2 is 1.95 bits per heavy atom. The van der Waals surface area contributed by atoms with E-state index in [0.717, 1.165) is 47.5 Å². The van der Waals surface area contributed by atoms with E-state index in [2.05, 4.69) is 30.9 Å². The van der Waals surface area contributed by atoms with Gasteiger partial charge in [-0.15, -0.1) is 0 Å². The Balaban J connectivity index is 2.11. The van der Waals surface area contributed by atoms with E-state index >= 15 is 0 Å².